The van der Waals surface area contributed by atoms with Gasteiger partial charge >= 0.3 is 0 Å². The Morgan fingerprint density at radius 1 is 1.22 bits per heavy atom. The number of hydrogen-bond acceptors (Lipinski definition) is 8. The molecule has 0 spiro atoms. The van der Waals surface area contributed by atoms with Crippen molar-refractivity contribution in [3.05, 3.63) is 0 Å². The number of aliphatic hydroxyl groups excluding tert-OH is 3. The van der Waals surface area contributed by atoms with E-state index in [1.165, 1.54) is 7.11 Å². The molecule has 8 heteroatoms. The van der Waals surface area contributed by atoms with Crippen LogP contribution >= 0.6 is 0 Å². The highest BCUT2D eigenvalue weighted by Crippen LogP contribution is 2.37. The molecule has 3 fully saturated rings. The summed E-state index contributed by atoms with van der Waals surface area (Å²) in [7, 11) is 1.49. The first kappa shape index (κ1) is 17.5. The number of methoxy groups -OCH3 is 1. The molecule has 0 unspecified atom stereocenters. The predicted octanol–water partition coefficient (Wildman–Crippen LogP) is -1.43. The van der Waals surface area contributed by atoms with Crippen molar-refractivity contribution in [2.45, 2.75) is 68.9 Å². The van der Waals surface area contributed by atoms with Gasteiger partial charge in [0.05, 0.1) is 12.7 Å². The second-order valence-electron chi connectivity index (χ2n) is 7.00. The Morgan fingerprint density at radius 2 is 1.96 bits per heavy atom. The quantitative estimate of drug-likeness (QED) is 0.496. The maximum absolute atomic E-state index is 10.4. The lowest BCUT2D eigenvalue weighted by Gasteiger charge is -2.42. The van der Waals surface area contributed by atoms with Crippen LogP contribution in [-0.2, 0) is 18.9 Å². The van der Waals surface area contributed by atoms with E-state index >= 15 is 0 Å². The molecule has 0 aromatic rings. The second-order valence-corrected chi connectivity index (χ2v) is 7.00. The molecule has 8 atom stereocenters. The van der Waals surface area contributed by atoms with E-state index in [9.17, 15) is 15.3 Å². The Labute approximate surface area is 135 Å². The number of hydrogen-bond donors (Lipinski definition) is 4. The fourth-order valence-corrected chi connectivity index (χ4v) is 3.88. The summed E-state index contributed by atoms with van der Waals surface area (Å²) < 4.78 is 22.7. The standard InChI is InChI=1S/C15H27NO7/c1-15(2)22-9-5-16-8(13(9)23-15)4-7-11(18)12(19)10(6-17)21-14(7)20-3/h7-14,16-19H,4-6H2,1-3H3/t7-,8-,9+,10-,11+,12-,13-,14+/m1/s1. The molecule has 0 aromatic carbocycles. The summed E-state index contributed by atoms with van der Waals surface area (Å²) in [6.07, 6.45) is -3.35. The summed E-state index contributed by atoms with van der Waals surface area (Å²) in [5.74, 6) is -1.04. The highest BCUT2D eigenvalue weighted by Gasteiger charge is 2.52. The normalized spacial score (nSPS) is 49.3. The minimum absolute atomic E-state index is 0.0206. The van der Waals surface area contributed by atoms with Crippen LogP contribution in [0.5, 0.6) is 0 Å². The highest BCUT2D eigenvalue weighted by atomic mass is 16.8. The van der Waals surface area contributed by atoms with Gasteiger partial charge in [-0.2, -0.15) is 0 Å². The Bertz CT molecular complexity index is 419. The molecular formula is C15H27NO7. The van der Waals surface area contributed by atoms with Crippen LogP contribution in [0, 0.1) is 5.92 Å². The molecule has 3 saturated heterocycles. The molecule has 0 aromatic heterocycles. The number of aliphatic hydroxyl groups is 3. The Hall–Kier alpha value is -0.320. The Morgan fingerprint density at radius 3 is 2.61 bits per heavy atom. The van der Waals surface area contributed by atoms with Gasteiger partial charge in [-0.1, -0.05) is 0 Å². The van der Waals surface area contributed by atoms with Gasteiger partial charge in [-0.25, -0.2) is 0 Å². The largest absolute Gasteiger partial charge is 0.394 e. The van der Waals surface area contributed by atoms with Crippen LogP contribution in [0.2, 0.25) is 0 Å². The first-order valence-corrected chi connectivity index (χ1v) is 8.10. The number of nitrogens with one attached hydrogen (secondary N) is 1. The third-order valence-corrected chi connectivity index (χ3v) is 4.97. The molecule has 8 nitrogen and oxygen atoms in total. The molecule has 3 aliphatic heterocycles. The fraction of sp³-hybridized carbons (Fsp3) is 1.00. The van der Waals surface area contributed by atoms with Crippen molar-refractivity contribution in [1.82, 2.24) is 5.32 Å². The molecule has 23 heavy (non-hydrogen) atoms. The lowest BCUT2D eigenvalue weighted by Crippen LogP contribution is -2.57. The topological polar surface area (TPSA) is 110 Å². The van der Waals surface area contributed by atoms with Gasteiger partial charge in [0.1, 0.15) is 24.4 Å². The van der Waals surface area contributed by atoms with Crippen LogP contribution in [-0.4, -0.2) is 84.2 Å². The van der Waals surface area contributed by atoms with Gasteiger partial charge in [0.25, 0.3) is 0 Å². The molecular weight excluding hydrogens is 306 g/mol. The van der Waals surface area contributed by atoms with Gasteiger partial charge in [0, 0.05) is 25.6 Å². The van der Waals surface area contributed by atoms with Gasteiger partial charge in [0.15, 0.2) is 12.1 Å². The van der Waals surface area contributed by atoms with Crippen molar-refractivity contribution in [1.29, 1.82) is 0 Å². The average molecular weight is 333 g/mol. The first-order valence-electron chi connectivity index (χ1n) is 8.10. The highest BCUT2D eigenvalue weighted by molar-refractivity contribution is 5.01. The lowest BCUT2D eigenvalue weighted by molar-refractivity contribution is -0.281. The van der Waals surface area contributed by atoms with E-state index in [1.54, 1.807) is 0 Å². The molecule has 0 amide bonds. The van der Waals surface area contributed by atoms with Gasteiger partial charge < -0.3 is 39.6 Å². The molecule has 0 saturated carbocycles. The van der Waals surface area contributed by atoms with Gasteiger partial charge in [-0.15, -0.1) is 0 Å². The third kappa shape index (κ3) is 3.27. The fourth-order valence-electron chi connectivity index (χ4n) is 3.88. The molecule has 0 bridgehead atoms. The third-order valence-electron chi connectivity index (χ3n) is 4.97. The summed E-state index contributed by atoms with van der Waals surface area (Å²) in [6, 6.07) is -0.0273. The second kappa shape index (κ2) is 6.53. The minimum atomic E-state index is -1.15. The van der Waals surface area contributed by atoms with Crippen molar-refractivity contribution < 1.29 is 34.3 Å². The maximum atomic E-state index is 10.4. The predicted molar refractivity (Wildman–Crippen MR) is 78.5 cm³/mol. The average Bonchev–Trinajstić information content (AvgIpc) is 3.00. The Kier molecular flexibility index (Phi) is 4.97. The molecule has 0 radical (unpaired) electrons. The monoisotopic (exact) mass is 333 g/mol. The van der Waals surface area contributed by atoms with Crippen molar-refractivity contribution in [2.24, 2.45) is 5.92 Å². The van der Waals surface area contributed by atoms with Gasteiger partial charge in [0.2, 0.25) is 0 Å². The summed E-state index contributed by atoms with van der Waals surface area (Å²) in [4.78, 5) is 0. The van der Waals surface area contributed by atoms with Crippen molar-refractivity contribution in [2.75, 3.05) is 20.3 Å². The summed E-state index contributed by atoms with van der Waals surface area (Å²) in [6.45, 7) is 4.08. The zero-order chi connectivity index (χ0) is 16.8. The van der Waals surface area contributed by atoms with Crippen LogP contribution in [0.15, 0.2) is 0 Å². The molecule has 0 aliphatic carbocycles. The molecule has 3 heterocycles. The molecule has 134 valence electrons. The van der Waals surface area contributed by atoms with E-state index in [1.807, 2.05) is 13.8 Å². The Balaban J connectivity index is 1.69. The molecule has 3 rings (SSSR count). The lowest BCUT2D eigenvalue weighted by atomic mass is 9.85. The summed E-state index contributed by atoms with van der Waals surface area (Å²) in [5, 5.41) is 33.1. The van der Waals surface area contributed by atoms with E-state index < -0.39 is 36.3 Å². The van der Waals surface area contributed by atoms with Gasteiger partial charge in [-0.3, -0.25) is 0 Å². The minimum Gasteiger partial charge on any atom is -0.394 e. The summed E-state index contributed by atoms with van der Waals surface area (Å²) >= 11 is 0. The molecule has 4 N–H and O–H groups in total. The SMILES string of the molecule is CO[C@H]1O[C@H](CO)[C@@H](O)[C@@H](O)[C@H]1C[C@H]1NC[C@@H]2OC(C)(C)O[C@@H]21. The van der Waals surface area contributed by atoms with Crippen molar-refractivity contribution in [3.8, 4) is 0 Å². The van der Waals surface area contributed by atoms with Crippen LogP contribution in [0.1, 0.15) is 20.3 Å². The van der Waals surface area contributed by atoms with E-state index in [4.69, 9.17) is 18.9 Å². The van der Waals surface area contributed by atoms with Crippen LogP contribution < -0.4 is 5.32 Å². The molecule has 3 aliphatic rings. The smallest absolute Gasteiger partial charge is 0.163 e. The zero-order valence-electron chi connectivity index (χ0n) is 13.7. The first-order chi connectivity index (χ1) is 10.9. The van der Waals surface area contributed by atoms with E-state index in [0.717, 1.165) is 0 Å². The number of fused-ring (bicyclic) bond motifs is 1. The summed E-state index contributed by atoms with van der Waals surface area (Å²) in [5.41, 5.74) is 0. The maximum Gasteiger partial charge on any atom is 0.163 e. The zero-order valence-corrected chi connectivity index (χ0v) is 13.7. The van der Waals surface area contributed by atoms with Crippen LogP contribution in [0.3, 0.4) is 0 Å². The van der Waals surface area contributed by atoms with Crippen LogP contribution in [0.4, 0.5) is 0 Å². The number of ether oxygens (including phenoxy) is 4. The van der Waals surface area contributed by atoms with E-state index in [0.29, 0.717) is 13.0 Å². The van der Waals surface area contributed by atoms with Gasteiger partial charge in [-0.05, 0) is 20.3 Å². The van der Waals surface area contributed by atoms with Crippen molar-refractivity contribution in [3.63, 3.8) is 0 Å². The number of rotatable bonds is 4. The van der Waals surface area contributed by atoms with E-state index in [2.05, 4.69) is 5.32 Å². The van der Waals surface area contributed by atoms with Crippen molar-refractivity contribution >= 4 is 0 Å². The van der Waals surface area contributed by atoms with Crippen LogP contribution in [0.25, 0.3) is 0 Å². The van der Waals surface area contributed by atoms with E-state index in [-0.39, 0.29) is 24.9 Å².